The summed E-state index contributed by atoms with van der Waals surface area (Å²) in [7, 11) is 3.19. The second kappa shape index (κ2) is 5.45. The van der Waals surface area contributed by atoms with Crippen LogP contribution in [0.1, 0.15) is 0 Å². The molecule has 0 atom stereocenters. The maximum atomic E-state index is 5.98. The van der Waals surface area contributed by atoms with Gasteiger partial charge in [0.1, 0.15) is 28.8 Å². The van der Waals surface area contributed by atoms with E-state index in [2.05, 4.69) is 20.4 Å². The highest BCUT2D eigenvalue weighted by Gasteiger charge is 2.08. The number of fused-ring (bicyclic) bond motifs is 1. The van der Waals surface area contributed by atoms with Crippen molar-refractivity contribution < 1.29 is 9.47 Å². The van der Waals surface area contributed by atoms with Crippen LogP contribution >= 0.6 is 11.6 Å². The topological polar surface area (TPSA) is 73.6 Å². The lowest BCUT2D eigenvalue weighted by Crippen LogP contribution is -2.02. The Bertz CT molecular complexity index is 767. The molecule has 1 aromatic carbocycles. The molecule has 0 aliphatic heterocycles. The summed E-state index contributed by atoms with van der Waals surface area (Å²) < 4.78 is 12.0. The lowest BCUT2D eigenvalue weighted by atomic mass is 10.2. The van der Waals surface area contributed by atoms with Crippen LogP contribution in [0.4, 0.5) is 11.5 Å². The van der Waals surface area contributed by atoms with Crippen molar-refractivity contribution in [2.24, 2.45) is 0 Å². The van der Waals surface area contributed by atoms with Crippen molar-refractivity contribution >= 4 is 28.9 Å². The third-order valence-electron chi connectivity index (χ3n) is 2.84. The summed E-state index contributed by atoms with van der Waals surface area (Å²) in [6, 6.07) is 7.12. The van der Waals surface area contributed by atoms with Gasteiger partial charge in [0.05, 0.1) is 14.2 Å². The first kappa shape index (κ1) is 13.4. The van der Waals surface area contributed by atoms with E-state index in [0.717, 1.165) is 5.69 Å². The number of nitrogens with one attached hydrogen (secondary N) is 1. The number of halogens is 1. The van der Waals surface area contributed by atoms with Crippen LogP contribution in [0.25, 0.3) is 5.78 Å². The fourth-order valence-corrected chi connectivity index (χ4v) is 2.08. The Labute approximate surface area is 125 Å². The predicted molar refractivity (Wildman–Crippen MR) is 78.6 cm³/mol. The first-order chi connectivity index (χ1) is 10.2. The van der Waals surface area contributed by atoms with Crippen molar-refractivity contribution in [3.05, 3.63) is 35.7 Å². The maximum absolute atomic E-state index is 5.98. The number of rotatable bonds is 4. The molecule has 3 rings (SSSR count). The van der Waals surface area contributed by atoms with Gasteiger partial charge in [0, 0.05) is 30.0 Å². The zero-order valence-electron chi connectivity index (χ0n) is 11.4. The van der Waals surface area contributed by atoms with E-state index >= 15 is 0 Å². The summed E-state index contributed by atoms with van der Waals surface area (Å²) in [5.41, 5.74) is 0.769. The molecule has 0 fully saturated rings. The third kappa shape index (κ3) is 2.68. The van der Waals surface area contributed by atoms with Gasteiger partial charge >= 0.3 is 0 Å². The average molecular weight is 306 g/mol. The Morgan fingerprint density at radius 1 is 1.10 bits per heavy atom. The Morgan fingerprint density at radius 2 is 1.81 bits per heavy atom. The van der Waals surface area contributed by atoms with E-state index in [-0.39, 0.29) is 0 Å². The minimum absolute atomic E-state index is 0.327. The van der Waals surface area contributed by atoms with Crippen molar-refractivity contribution in [3.8, 4) is 11.5 Å². The largest absolute Gasteiger partial charge is 0.497 e. The van der Waals surface area contributed by atoms with Crippen LogP contribution < -0.4 is 14.8 Å². The number of nitrogens with zero attached hydrogens (tertiary/aromatic N) is 4. The molecule has 108 valence electrons. The number of methoxy groups -OCH3 is 2. The molecule has 2 heterocycles. The van der Waals surface area contributed by atoms with Gasteiger partial charge in [-0.2, -0.15) is 19.6 Å². The summed E-state index contributed by atoms with van der Waals surface area (Å²) in [4.78, 5) is 8.09. The molecule has 0 aliphatic rings. The maximum Gasteiger partial charge on any atom is 0.255 e. The normalized spacial score (nSPS) is 10.6. The fourth-order valence-electron chi connectivity index (χ4n) is 1.90. The standard InChI is InChI=1S/C13H12ClN5O2/c1-20-9-3-8(4-10(5-9)21-2)17-12-6-11(14)18-13-15-7-16-19(12)13/h3-7,17H,1-2H3. The molecule has 7 nitrogen and oxygen atoms in total. The minimum atomic E-state index is 0.327. The van der Waals surface area contributed by atoms with Gasteiger partial charge in [-0.15, -0.1) is 0 Å². The van der Waals surface area contributed by atoms with Crippen LogP contribution in [0.15, 0.2) is 30.6 Å². The molecule has 0 amide bonds. The molecule has 0 radical (unpaired) electrons. The van der Waals surface area contributed by atoms with Crippen LogP contribution in [0.3, 0.4) is 0 Å². The van der Waals surface area contributed by atoms with E-state index in [1.54, 1.807) is 30.9 Å². The quantitative estimate of drug-likeness (QED) is 0.747. The van der Waals surface area contributed by atoms with E-state index in [4.69, 9.17) is 21.1 Å². The summed E-state index contributed by atoms with van der Waals surface area (Å²) in [6.45, 7) is 0. The lowest BCUT2D eigenvalue weighted by molar-refractivity contribution is 0.395. The van der Waals surface area contributed by atoms with Crippen molar-refractivity contribution in [2.75, 3.05) is 19.5 Å². The summed E-state index contributed by atoms with van der Waals surface area (Å²) in [6.07, 6.45) is 1.41. The molecule has 8 heteroatoms. The van der Waals surface area contributed by atoms with Crippen LogP contribution in [0.5, 0.6) is 11.5 Å². The van der Waals surface area contributed by atoms with Gasteiger partial charge in [0.25, 0.3) is 5.78 Å². The zero-order chi connectivity index (χ0) is 14.8. The van der Waals surface area contributed by atoms with Crippen molar-refractivity contribution in [1.29, 1.82) is 0 Å². The summed E-state index contributed by atoms with van der Waals surface area (Å²) in [5.74, 6) is 2.40. The smallest absolute Gasteiger partial charge is 0.255 e. The van der Waals surface area contributed by atoms with E-state index in [1.165, 1.54) is 6.33 Å². The van der Waals surface area contributed by atoms with Gasteiger partial charge in [-0.05, 0) is 0 Å². The molecule has 0 saturated heterocycles. The molecule has 3 aromatic rings. The SMILES string of the molecule is COc1cc(Nc2cc(Cl)nc3ncnn23)cc(OC)c1. The first-order valence-electron chi connectivity index (χ1n) is 6.06. The highest BCUT2D eigenvalue weighted by atomic mass is 35.5. The molecule has 0 saturated carbocycles. The summed E-state index contributed by atoms with van der Waals surface area (Å²) >= 11 is 5.98. The predicted octanol–water partition coefficient (Wildman–Crippen LogP) is 2.54. The van der Waals surface area contributed by atoms with Gasteiger partial charge in [0.2, 0.25) is 0 Å². The molecule has 0 bridgehead atoms. The number of hydrogen-bond acceptors (Lipinski definition) is 6. The third-order valence-corrected chi connectivity index (χ3v) is 3.04. The van der Waals surface area contributed by atoms with E-state index in [1.807, 2.05) is 12.1 Å². The van der Waals surface area contributed by atoms with E-state index < -0.39 is 0 Å². The van der Waals surface area contributed by atoms with Gasteiger partial charge < -0.3 is 14.8 Å². The Hall–Kier alpha value is -2.54. The second-order valence-corrected chi connectivity index (χ2v) is 4.55. The van der Waals surface area contributed by atoms with Crippen LogP contribution in [-0.4, -0.2) is 33.8 Å². The van der Waals surface area contributed by atoms with Gasteiger partial charge in [-0.3, -0.25) is 0 Å². The first-order valence-corrected chi connectivity index (χ1v) is 6.44. The van der Waals surface area contributed by atoms with Gasteiger partial charge in [-0.25, -0.2) is 0 Å². The Balaban J connectivity index is 2.03. The molecular formula is C13H12ClN5O2. The molecule has 0 unspecified atom stereocenters. The zero-order valence-corrected chi connectivity index (χ0v) is 12.1. The van der Waals surface area contributed by atoms with Crippen molar-refractivity contribution in [1.82, 2.24) is 19.6 Å². The summed E-state index contributed by atoms with van der Waals surface area (Å²) in [5, 5.41) is 7.63. The van der Waals surface area contributed by atoms with Crippen LogP contribution in [0.2, 0.25) is 5.15 Å². The van der Waals surface area contributed by atoms with Crippen LogP contribution in [-0.2, 0) is 0 Å². The minimum Gasteiger partial charge on any atom is -0.497 e. The van der Waals surface area contributed by atoms with Crippen molar-refractivity contribution in [2.45, 2.75) is 0 Å². The fraction of sp³-hybridized carbons (Fsp3) is 0.154. The highest BCUT2D eigenvalue weighted by Crippen LogP contribution is 2.28. The molecule has 0 spiro atoms. The Morgan fingerprint density at radius 3 is 2.48 bits per heavy atom. The number of aromatic nitrogens is 4. The van der Waals surface area contributed by atoms with Crippen molar-refractivity contribution in [3.63, 3.8) is 0 Å². The Kier molecular flexibility index (Phi) is 3.49. The number of hydrogen-bond donors (Lipinski definition) is 1. The molecular weight excluding hydrogens is 294 g/mol. The monoisotopic (exact) mass is 305 g/mol. The number of benzene rings is 1. The average Bonchev–Trinajstić information content (AvgIpc) is 2.95. The second-order valence-electron chi connectivity index (χ2n) is 4.16. The number of ether oxygens (including phenoxy) is 2. The highest BCUT2D eigenvalue weighted by molar-refractivity contribution is 6.29. The molecule has 2 aromatic heterocycles. The van der Waals surface area contributed by atoms with Crippen LogP contribution in [0, 0.1) is 0 Å². The molecule has 1 N–H and O–H groups in total. The van der Waals surface area contributed by atoms with E-state index in [9.17, 15) is 0 Å². The molecule has 0 aliphatic carbocycles. The lowest BCUT2D eigenvalue weighted by Gasteiger charge is -2.11. The number of anilines is 2. The van der Waals surface area contributed by atoms with E-state index in [0.29, 0.717) is 28.2 Å². The van der Waals surface area contributed by atoms with Gasteiger partial charge in [-0.1, -0.05) is 11.6 Å². The molecule has 21 heavy (non-hydrogen) atoms. The van der Waals surface area contributed by atoms with Gasteiger partial charge in [0.15, 0.2) is 0 Å².